The lowest BCUT2D eigenvalue weighted by Crippen LogP contribution is -2.30. The van der Waals surface area contributed by atoms with E-state index in [2.05, 4.69) is 15.3 Å². The molecule has 10 nitrogen and oxygen atoms in total. The van der Waals surface area contributed by atoms with Crippen LogP contribution in [0, 0.1) is 0 Å². The van der Waals surface area contributed by atoms with Crippen LogP contribution in [0.1, 0.15) is 23.7 Å². The van der Waals surface area contributed by atoms with Gasteiger partial charge in [0.25, 0.3) is 5.91 Å². The minimum Gasteiger partial charge on any atom is -0.391 e. The molecule has 0 radical (unpaired) electrons. The molecule has 3 N–H and O–H groups in total. The van der Waals surface area contributed by atoms with E-state index in [1.807, 2.05) is 41.8 Å². The Morgan fingerprint density at radius 1 is 1.26 bits per heavy atom. The lowest BCUT2D eigenvalue weighted by Gasteiger charge is -2.17. The Hall–Kier alpha value is -3.79. The maximum Gasteiger partial charge on any atom is 0.257 e. The van der Waals surface area contributed by atoms with Crippen molar-refractivity contribution in [1.29, 1.82) is 0 Å². The van der Waals surface area contributed by atoms with Gasteiger partial charge in [-0.25, -0.2) is 9.61 Å². The number of β-amino-alcohol motifs (C(OH)–C–C–N with tert-alkyl or cyclic N) is 1. The number of aliphatic hydroxyl groups is 1. The zero-order valence-electron chi connectivity index (χ0n) is 16.9. The van der Waals surface area contributed by atoms with Crippen LogP contribution in [0.3, 0.4) is 0 Å². The highest BCUT2D eigenvalue weighted by Crippen LogP contribution is 2.34. The Balaban J connectivity index is 1.78. The molecule has 4 aromatic rings. The lowest BCUT2D eigenvalue weighted by atomic mass is 10.1. The Labute approximate surface area is 177 Å². The normalized spacial score (nSPS) is 16.3. The van der Waals surface area contributed by atoms with Crippen LogP contribution in [0.25, 0.3) is 33.8 Å². The highest BCUT2D eigenvalue weighted by Gasteiger charge is 2.30. The van der Waals surface area contributed by atoms with Gasteiger partial charge in [0.1, 0.15) is 5.52 Å². The number of nitrogens with zero attached hydrogens (tertiary/aromatic N) is 6. The topological polar surface area (TPSA) is 136 Å². The molecule has 158 valence electrons. The van der Waals surface area contributed by atoms with Gasteiger partial charge in [-0.3, -0.25) is 9.78 Å². The Kier molecular flexibility index (Phi) is 4.63. The van der Waals surface area contributed by atoms with Crippen molar-refractivity contribution >= 4 is 22.8 Å². The average Bonchev–Trinajstić information content (AvgIpc) is 3.51. The van der Waals surface area contributed by atoms with E-state index in [9.17, 15) is 9.90 Å². The largest absolute Gasteiger partial charge is 0.391 e. The van der Waals surface area contributed by atoms with Gasteiger partial charge in [0.2, 0.25) is 0 Å². The molecule has 0 bridgehead atoms. The number of hydrogen-bond acceptors (Lipinski definition) is 8. The van der Waals surface area contributed by atoms with Gasteiger partial charge in [0.05, 0.1) is 22.9 Å². The van der Waals surface area contributed by atoms with Crippen molar-refractivity contribution in [3.63, 3.8) is 0 Å². The van der Waals surface area contributed by atoms with Crippen molar-refractivity contribution in [3.8, 4) is 22.8 Å². The third-order valence-corrected chi connectivity index (χ3v) is 5.54. The molecule has 1 aromatic carbocycles. The highest BCUT2D eigenvalue weighted by atomic mass is 16.6. The first-order valence-electron chi connectivity index (χ1n) is 10.1. The molecule has 1 aliphatic heterocycles. The van der Waals surface area contributed by atoms with E-state index in [0.29, 0.717) is 59.9 Å². The van der Waals surface area contributed by atoms with Crippen molar-refractivity contribution in [2.75, 3.05) is 18.8 Å². The standard InChI is InChI=1S/C21H21N7O3/c1-2-28-18-14(21(30)27-9-8-13(29)11-27)10-23-15(12-6-4-3-5-7-12)16(18)24-20(28)17-19(22)26-31-25-17/h3-7,10,13,29H,2,8-9,11H2,1H3,(H2,22,26)/t13-/m1/s1. The van der Waals surface area contributed by atoms with E-state index >= 15 is 0 Å². The Bertz CT molecular complexity index is 1260. The number of fused-ring (bicyclic) bond motifs is 1. The van der Waals surface area contributed by atoms with Crippen LogP contribution < -0.4 is 5.73 Å². The number of aryl methyl sites for hydroxylation is 1. The van der Waals surface area contributed by atoms with Crippen LogP contribution in [0.2, 0.25) is 0 Å². The minimum atomic E-state index is -0.511. The maximum atomic E-state index is 13.3. The number of carbonyl (C=O) groups excluding carboxylic acids is 1. The van der Waals surface area contributed by atoms with E-state index < -0.39 is 6.10 Å². The van der Waals surface area contributed by atoms with Crippen LogP contribution in [-0.4, -0.2) is 60.0 Å². The molecule has 1 aliphatic rings. The second-order valence-electron chi connectivity index (χ2n) is 7.46. The zero-order valence-corrected chi connectivity index (χ0v) is 16.9. The quantitative estimate of drug-likeness (QED) is 0.512. The second kappa shape index (κ2) is 7.47. The molecule has 10 heteroatoms. The molecular weight excluding hydrogens is 398 g/mol. The molecule has 1 saturated heterocycles. The summed E-state index contributed by atoms with van der Waals surface area (Å²) in [5.74, 6) is 0.382. The fourth-order valence-corrected chi connectivity index (χ4v) is 4.04. The second-order valence-corrected chi connectivity index (χ2v) is 7.46. The number of nitrogens with two attached hydrogens (primary N) is 1. The van der Waals surface area contributed by atoms with Gasteiger partial charge in [-0.05, 0) is 23.7 Å². The summed E-state index contributed by atoms with van der Waals surface area (Å²) in [5.41, 5.74) is 9.40. The van der Waals surface area contributed by atoms with E-state index in [4.69, 9.17) is 15.3 Å². The molecule has 31 heavy (non-hydrogen) atoms. The Morgan fingerprint density at radius 3 is 2.71 bits per heavy atom. The number of rotatable bonds is 4. The molecule has 1 amide bonds. The number of hydrogen-bond donors (Lipinski definition) is 2. The molecule has 0 unspecified atom stereocenters. The fraction of sp³-hybridized carbons (Fsp3) is 0.286. The van der Waals surface area contributed by atoms with Gasteiger partial charge in [-0.1, -0.05) is 30.3 Å². The van der Waals surface area contributed by atoms with Gasteiger partial charge >= 0.3 is 0 Å². The smallest absolute Gasteiger partial charge is 0.257 e. The molecular formula is C21H21N7O3. The predicted molar refractivity (Wildman–Crippen MR) is 113 cm³/mol. The summed E-state index contributed by atoms with van der Waals surface area (Å²) in [6, 6.07) is 9.65. The molecule has 0 spiro atoms. The zero-order chi connectivity index (χ0) is 21.5. The fourth-order valence-electron chi connectivity index (χ4n) is 4.04. The van der Waals surface area contributed by atoms with Crippen LogP contribution in [0.4, 0.5) is 5.82 Å². The lowest BCUT2D eigenvalue weighted by molar-refractivity contribution is 0.0766. The number of pyridine rings is 1. The summed E-state index contributed by atoms with van der Waals surface area (Å²) in [7, 11) is 0. The van der Waals surface area contributed by atoms with Crippen molar-refractivity contribution < 1.29 is 14.5 Å². The average molecular weight is 419 g/mol. The van der Waals surface area contributed by atoms with E-state index in [1.54, 1.807) is 11.1 Å². The summed E-state index contributed by atoms with van der Waals surface area (Å²) in [6.07, 6.45) is 1.63. The van der Waals surface area contributed by atoms with E-state index in [0.717, 1.165) is 5.56 Å². The van der Waals surface area contributed by atoms with Crippen molar-refractivity contribution in [2.45, 2.75) is 26.0 Å². The Morgan fingerprint density at radius 2 is 2.06 bits per heavy atom. The molecule has 1 fully saturated rings. The first-order chi connectivity index (χ1) is 15.1. The molecule has 3 aromatic heterocycles. The summed E-state index contributed by atoms with van der Waals surface area (Å²) in [6.45, 7) is 3.26. The number of likely N-dealkylation sites (tertiary alicyclic amines) is 1. The number of amides is 1. The summed E-state index contributed by atoms with van der Waals surface area (Å²) < 4.78 is 6.66. The molecule has 5 rings (SSSR count). The number of carbonyl (C=O) groups is 1. The summed E-state index contributed by atoms with van der Waals surface area (Å²) in [5, 5.41) is 17.5. The number of aliphatic hydroxyl groups excluding tert-OH is 1. The van der Waals surface area contributed by atoms with Crippen molar-refractivity contribution in [2.24, 2.45) is 0 Å². The van der Waals surface area contributed by atoms with E-state index in [1.165, 1.54) is 0 Å². The van der Waals surface area contributed by atoms with Crippen molar-refractivity contribution in [3.05, 3.63) is 42.1 Å². The summed E-state index contributed by atoms with van der Waals surface area (Å²) in [4.78, 5) is 24.4. The van der Waals surface area contributed by atoms with E-state index in [-0.39, 0.29) is 11.7 Å². The number of nitrogen functional groups attached to an aromatic ring is 1. The highest BCUT2D eigenvalue weighted by molar-refractivity contribution is 6.08. The van der Waals surface area contributed by atoms with Crippen LogP contribution in [-0.2, 0) is 6.54 Å². The third-order valence-electron chi connectivity index (χ3n) is 5.54. The number of aromatic nitrogens is 5. The molecule has 1 atom stereocenters. The molecule has 4 heterocycles. The van der Waals surface area contributed by atoms with Gasteiger partial charge in [-0.15, -0.1) is 0 Å². The van der Waals surface area contributed by atoms with Crippen molar-refractivity contribution in [1.82, 2.24) is 29.7 Å². The maximum absolute atomic E-state index is 13.3. The number of imidazole rings is 1. The van der Waals surface area contributed by atoms with Crippen LogP contribution in [0.15, 0.2) is 41.2 Å². The first kappa shape index (κ1) is 19.2. The van der Waals surface area contributed by atoms with Gasteiger partial charge in [-0.2, -0.15) is 0 Å². The number of benzene rings is 1. The molecule has 0 saturated carbocycles. The van der Waals surface area contributed by atoms with Gasteiger partial charge < -0.3 is 20.3 Å². The van der Waals surface area contributed by atoms with Gasteiger partial charge in [0, 0.05) is 31.4 Å². The first-order valence-corrected chi connectivity index (χ1v) is 10.1. The minimum absolute atomic E-state index is 0.120. The number of anilines is 1. The summed E-state index contributed by atoms with van der Waals surface area (Å²) >= 11 is 0. The van der Waals surface area contributed by atoms with Crippen LogP contribution >= 0.6 is 0 Å². The van der Waals surface area contributed by atoms with Gasteiger partial charge in [0.15, 0.2) is 17.3 Å². The van der Waals surface area contributed by atoms with Crippen LogP contribution in [0.5, 0.6) is 0 Å². The third kappa shape index (κ3) is 3.12. The monoisotopic (exact) mass is 419 g/mol. The SMILES string of the molecule is CCn1c(-c2nonc2N)nc2c(-c3ccccc3)ncc(C(=O)N3CC[C@@H](O)C3)c21. The molecule has 0 aliphatic carbocycles. The predicted octanol–water partition coefficient (Wildman–Crippen LogP) is 1.96.